The number of benzene rings is 2. The number of aryl methyl sites for hydroxylation is 1. The van der Waals surface area contributed by atoms with Crippen LogP contribution >= 0.6 is 11.8 Å². The number of hydrogen-bond donors (Lipinski definition) is 1. The summed E-state index contributed by atoms with van der Waals surface area (Å²) in [7, 11) is -2.49. The topological polar surface area (TPSA) is 75.7 Å². The van der Waals surface area contributed by atoms with Crippen molar-refractivity contribution < 1.29 is 17.9 Å². The maximum absolute atomic E-state index is 13.4. The number of carbonyl (C=O) groups excluding carboxylic acids is 1. The molecule has 0 saturated carbocycles. The monoisotopic (exact) mass is 450 g/mol. The number of nitrogens with zero attached hydrogens (tertiary/aromatic N) is 1. The zero-order valence-electron chi connectivity index (χ0n) is 18.1. The van der Waals surface area contributed by atoms with Crippen LogP contribution in [0.25, 0.3) is 0 Å². The van der Waals surface area contributed by atoms with Crippen LogP contribution in [0.15, 0.2) is 53.4 Å². The summed E-state index contributed by atoms with van der Waals surface area (Å²) in [6, 6.07) is 13.3. The zero-order chi connectivity index (χ0) is 22.4. The highest BCUT2D eigenvalue weighted by atomic mass is 32.2. The summed E-state index contributed by atoms with van der Waals surface area (Å²) in [5.41, 5.74) is 1.20. The van der Waals surface area contributed by atoms with Crippen LogP contribution in [0.1, 0.15) is 26.3 Å². The van der Waals surface area contributed by atoms with Gasteiger partial charge in [0.15, 0.2) is 0 Å². The average molecular weight is 451 g/mol. The lowest BCUT2D eigenvalue weighted by Crippen LogP contribution is -2.41. The van der Waals surface area contributed by atoms with Gasteiger partial charge in [0.1, 0.15) is 12.3 Å². The Kier molecular flexibility index (Phi) is 8.20. The van der Waals surface area contributed by atoms with E-state index in [9.17, 15) is 13.2 Å². The molecule has 0 spiro atoms. The summed E-state index contributed by atoms with van der Waals surface area (Å²) >= 11 is 1.73. The molecule has 0 aliphatic carbocycles. The van der Waals surface area contributed by atoms with Gasteiger partial charge in [-0.25, -0.2) is 8.42 Å². The fourth-order valence-corrected chi connectivity index (χ4v) is 5.01. The van der Waals surface area contributed by atoms with Gasteiger partial charge in [0.25, 0.3) is 10.0 Å². The molecule has 0 atom stereocenters. The first-order chi connectivity index (χ1) is 14.0. The van der Waals surface area contributed by atoms with Gasteiger partial charge in [0.05, 0.1) is 17.7 Å². The minimum atomic E-state index is -3.97. The first kappa shape index (κ1) is 24.1. The Morgan fingerprint density at radius 2 is 1.80 bits per heavy atom. The van der Waals surface area contributed by atoms with E-state index in [-0.39, 0.29) is 22.1 Å². The number of amides is 1. The van der Waals surface area contributed by atoms with Gasteiger partial charge < -0.3 is 10.1 Å². The van der Waals surface area contributed by atoms with Crippen LogP contribution in [0.5, 0.6) is 5.75 Å². The third kappa shape index (κ3) is 6.67. The van der Waals surface area contributed by atoms with Gasteiger partial charge in [-0.1, -0.05) is 45.0 Å². The zero-order valence-corrected chi connectivity index (χ0v) is 19.8. The van der Waals surface area contributed by atoms with E-state index in [0.717, 1.165) is 15.6 Å². The number of carbonyl (C=O) groups is 1. The fraction of sp³-hybridized carbons (Fsp3) is 0.409. The van der Waals surface area contributed by atoms with Crippen LogP contribution in [0.3, 0.4) is 0 Å². The lowest BCUT2D eigenvalue weighted by molar-refractivity contribution is -0.119. The summed E-state index contributed by atoms with van der Waals surface area (Å²) in [6.07, 6.45) is 0. The predicted molar refractivity (Wildman–Crippen MR) is 124 cm³/mol. The van der Waals surface area contributed by atoms with Gasteiger partial charge in [0.2, 0.25) is 5.91 Å². The minimum Gasteiger partial charge on any atom is -0.495 e. The van der Waals surface area contributed by atoms with E-state index in [2.05, 4.69) is 26.1 Å². The van der Waals surface area contributed by atoms with Gasteiger partial charge >= 0.3 is 0 Å². The Labute approximate surface area is 184 Å². The van der Waals surface area contributed by atoms with Crippen LogP contribution in [0, 0.1) is 6.92 Å². The number of thioether (sulfide) groups is 1. The lowest BCUT2D eigenvalue weighted by atomic mass is 10.2. The highest BCUT2D eigenvalue weighted by Crippen LogP contribution is 2.33. The van der Waals surface area contributed by atoms with E-state index >= 15 is 0 Å². The first-order valence-electron chi connectivity index (χ1n) is 9.67. The number of sulfonamides is 1. The van der Waals surface area contributed by atoms with Gasteiger partial charge in [-0.15, -0.1) is 0 Å². The van der Waals surface area contributed by atoms with Crippen molar-refractivity contribution >= 4 is 33.4 Å². The Hall–Kier alpha value is -2.19. The molecule has 0 radical (unpaired) electrons. The molecule has 1 amide bonds. The molecule has 0 fully saturated rings. The summed E-state index contributed by atoms with van der Waals surface area (Å²) < 4.78 is 33.4. The maximum Gasteiger partial charge on any atom is 0.264 e. The summed E-state index contributed by atoms with van der Waals surface area (Å²) in [5.74, 6) is 0.762. The van der Waals surface area contributed by atoms with Crippen molar-refractivity contribution in [1.82, 2.24) is 5.32 Å². The molecule has 0 aliphatic rings. The minimum absolute atomic E-state index is 0.0995. The molecule has 2 aromatic carbocycles. The third-order valence-corrected chi connectivity index (χ3v) is 7.23. The Morgan fingerprint density at radius 3 is 2.40 bits per heavy atom. The van der Waals surface area contributed by atoms with Crippen molar-refractivity contribution in [2.75, 3.05) is 30.3 Å². The Morgan fingerprint density at radius 1 is 1.13 bits per heavy atom. The number of rotatable bonds is 9. The van der Waals surface area contributed by atoms with Gasteiger partial charge in [-0.3, -0.25) is 9.10 Å². The quantitative estimate of drug-likeness (QED) is 0.588. The third-order valence-electron chi connectivity index (χ3n) is 4.18. The van der Waals surface area contributed by atoms with E-state index < -0.39 is 10.0 Å². The van der Waals surface area contributed by atoms with Crippen molar-refractivity contribution in [2.45, 2.75) is 37.3 Å². The average Bonchev–Trinajstić information content (AvgIpc) is 2.69. The van der Waals surface area contributed by atoms with Crippen LogP contribution in [-0.2, 0) is 14.8 Å². The molecule has 30 heavy (non-hydrogen) atoms. The predicted octanol–water partition coefficient (Wildman–Crippen LogP) is 3.85. The second-order valence-corrected chi connectivity index (χ2v) is 11.6. The molecular formula is C22H30N2O4S2. The van der Waals surface area contributed by atoms with Gasteiger partial charge in [-0.2, -0.15) is 11.8 Å². The molecule has 0 aliphatic heterocycles. The molecule has 0 unspecified atom stereocenters. The SMILES string of the molecule is COc1ccc(C)cc1N(CC(=O)NCCSC(C)(C)C)S(=O)(=O)c1ccccc1. The molecule has 6 nitrogen and oxygen atoms in total. The van der Waals surface area contributed by atoms with Crippen molar-refractivity contribution in [3.63, 3.8) is 0 Å². The van der Waals surface area contributed by atoms with Crippen LogP contribution in [-0.4, -0.2) is 45.0 Å². The number of anilines is 1. The van der Waals surface area contributed by atoms with E-state index in [1.807, 2.05) is 13.0 Å². The Bertz CT molecular complexity index is 955. The second kappa shape index (κ2) is 10.2. The van der Waals surface area contributed by atoms with Crippen LogP contribution in [0.2, 0.25) is 0 Å². The van der Waals surface area contributed by atoms with E-state index in [1.54, 1.807) is 42.1 Å². The molecule has 2 aromatic rings. The fourth-order valence-electron chi connectivity index (χ4n) is 2.75. The Balaban J connectivity index is 2.31. The first-order valence-corrected chi connectivity index (χ1v) is 12.1. The van der Waals surface area contributed by atoms with E-state index in [4.69, 9.17) is 4.74 Å². The number of ether oxygens (including phenoxy) is 1. The normalized spacial score (nSPS) is 11.8. The molecule has 1 N–H and O–H groups in total. The van der Waals surface area contributed by atoms with Crippen molar-refractivity contribution in [3.05, 3.63) is 54.1 Å². The highest BCUT2D eigenvalue weighted by Gasteiger charge is 2.29. The summed E-state index contributed by atoms with van der Waals surface area (Å²) in [6.45, 7) is 8.31. The van der Waals surface area contributed by atoms with Crippen molar-refractivity contribution in [3.8, 4) is 5.75 Å². The molecule has 2 rings (SSSR count). The standard InChI is InChI=1S/C22H30N2O4S2/c1-17-11-12-20(28-5)19(15-17)24(30(26,27)18-9-7-6-8-10-18)16-21(25)23-13-14-29-22(2,3)4/h6-12,15H,13-14,16H2,1-5H3,(H,23,25). The van der Waals surface area contributed by atoms with Crippen molar-refractivity contribution in [1.29, 1.82) is 0 Å². The molecule has 0 heterocycles. The second-order valence-electron chi connectivity index (χ2n) is 7.81. The van der Waals surface area contributed by atoms with Crippen molar-refractivity contribution in [2.24, 2.45) is 0 Å². The number of nitrogens with one attached hydrogen (secondary N) is 1. The molecule has 0 aromatic heterocycles. The molecular weight excluding hydrogens is 420 g/mol. The van der Waals surface area contributed by atoms with E-state index in [1.165, 1.54) is 19.2 Å². The molecule has 0 bridgehead atoms. The summed E-state index contributed by atoms with van der Waals surface area (Å²) in [5, 5.41) is 2.82. The maximum atomic E-state index is 13.4. The van der Waals surface area contributed by atoms with E-state index in [0.29, 0.717) is 18.0 Å². The highest BCUT2D eigenvalue weighted by molar-refractivity contribution is 8.00. The molecule has 164 valence electrons. The lowest BCUT2D eigenvalue weighted by Gasteiger charge is -2.26. The van der Waals surface area contributed by atoms with Gasteiger partial charge in [0, 0.05) is 17.0 Å². The number of methoxy groups -OCH3 is 1. The van der Waals surface area contributed by atoms with Gasteiger partial charge in [-0.05, 0) is 36.8 Å². The smallest absolute Gasteiger partial charge is 0.264 e. The van der Waals surface area contributed by atoms with Crippen LogP contribution in [0.4, 0.5) is 5.69 Å². The molecule has 0 saturated heterocycles. The molecule has 8 heteroatoms. The largest absolute Gasteiger partial charge is 0.495 e. The summed E-state index contributed by atoms with van der Waals surface area (Å²) in [4.78, 5) is 12.8. The van der Waals surface area contributed by atoms with Crippen LogP contribution < -0.4 is 14.4 Å². The number of hydrogen-bond acceptors (Lipinski definition) is 5.